The molecule has 1 amide bonds. The molecule has 0 saturated carbocycles. The SMILES string of the molecule is Cc1cc(C)nc(N2CCC[C@@H](C(=O)Nc3ncc[nH]3)C2)n1. The molecule has 1 fully saturated rings. The molecule has 1 aliphatic heterocycles. The Balaban J connectivity index is 1.69. The molecule has 7 nitrogen and oxygen atoms in total. The summed E-state index contributed by atoms with van der Waals surface area (Å²) in [5.41, 5.74) is 1.90. The van der Waals surface area contributed by atoms with Crippen LogP contribution in [0.15, 0.2) is 18.5 Å². The number of nitrogens with zero attached hydrogens (tertiary/aromatic N) is 4. The molecular weight excluding hydrogens is 280 g/mol. The number of hydrogen-bond acceptors (Lipinski definition) is 5. The predicted octanol–water partition coefficient (Wildman–Crippen LogP) is 1.67. The summed E-state index contributed by atoms with van der Waals surface area (Å²) in [4.78, 5) is 30.3. The maximum atomic E-state index is 12.3. The van der Waals surface area contributed by atoms with E-state index in [9.17, 15) is 4.79 Å². The van der Waals surface area contributed by atoms with Crippen LogP contribution >= 0.6 is 0 Å². The van der Waals surface area contributed by atoms with Gasteiger partial charge < -0.3 is 9.88 Å². The number of hydrogen-bond donors (Lipinski definition) is 2. The first-order valence-corrected chi connectivity index (χ1v) is 7.49. The third-order valence-electron chi connectivity index (χ3n) is 3.79. The smallest absolute Gasteiger partial charge is 0.231 e. The lowest BCUT2D eigenvalue weighted by atomic mass is 9.97. The normalized spacial score (nSPS) is 18.3. The molecule has 7 heteroatoms. The molecule has 0 unspecified atom stereocenters. The molecule has 2 N–H and O–H groups in total. The van der Waals surface area contributed by atoms with Gasteiger partial charge in [0, 0.05) is 36.9 Å². The van der Waals surface area contributed by atoms with Crippen molar-refractivity contribution in [2.24, 2.45) is 5.92 Å². The standard InChI is InChI=1S/C15H20N6O/c1-10-8-11(2)19-15(18-10)21-7-3-4-12(9-21)13(22)20-14-16-5-6-17-14/h5-6,8,12H,3-4,7,9H2,1-2H3,(H2,16,17,20,22)/t12-/m1/s1. The van der Waals surface area contributed by atoms with E-state index in [0.29, 0.717) is 18.4 Å². The van der Waals surface area contributed by atoms with Crippen molar-refractivity contribution in [2.45, 2.75) is 26.7 Å². The third-order valence-corrected chi connectivity index (χ3v) is 3.79. The third kappa shape index (κ3) is 3.24. The van der Waals surface area contributed by atoms with Crippen molar-refractivity contribution in [3.05, 3.63) is 29.8 Å². The van der Waals surface area contributed by atoms with Crippen molar-refractivity contribution in [3.8, 4) is 0 Å². The van der Waals surface area contributed by atoms with Crippen LogP contribution in [0.2, 0.25) is 0 Å². The minimum atomic E-state index is -0.0803. The van der Waals surface area contributed by atoms with Crippen LogP contribution in [-0.2, 0) is 4.79 Å². The molecular formula is C15H20N6O. The highest BCUT2D eigenvalue weighted by atomic mass is 16.2. The molecule has 2 aromatic rings. The van der Waals surface area contributed by atoms with Crippen molar-refractivity contribution >= 4 is 17.8 Å². The summed E-state index contributed by atoms with van der Waals surface area (Å²) in [5.74, 6) is 1.12. The van der Waals surface area contributed by atoms with Gasteiger partial charge in [-0.2, -0.15) is 0 Å². The van der Waals surface area contributed by atoms with Crippen molar-refractivity contribution in [1.82, 2.24) is 19.9 Å². The number of carbonyl (C=O) groups is 1. The van der Waals surface area contributed by atoms with Gasteiger partial charge in [-0.05, 0) is 32.8 Å². The van der Waals surface area contributed by atoms with Gasteiger partial charge in [0.25, 0.3) is 0 Å². The summed E-state index contributed by atoms with van der Waals surface area (Å²) >= 11 is 0. The Morgan fingerprint density at radius 1 is 1.36 bits per heavy atom. The summed E-state index contributed by atoms with van der Waals surface area (Å²) in [6.07, 6.45) is 5.12. The topological polar surface area (TPSA) is 86.8 Å². The van der Waals surface area contributed by atoms with E-state index in [1.165, 1.54) is 0 Å². The van der Waals surface area contributed by atoms with E-state index in [4.69, 9.17) is 0 Å². The summed E-state index contributed by atoms with van der Waals surface area (Å²) in [6.45, 7) is 5.44. The number of piperidine rings is 1. The molecule has 1 atom stereocenters. The van der Waals surface area contributed by atoms with Gasteiger partial charge in [0.1, 0.15) is 0 Å². The van der Waals surface area contributed by atoms with E-state index in [-0.39, 0.29) is 11.8 Å². The minimum absolute atomic E-state index is 0.0102. The second kappa shape index (κ2) is 6.13. The molecule has 0 bridgehead atoms. The molecule has 1 saturated heterocycles. The molecule has 116 valence electrons. The minimum Gasteiger partial charge on any atom is -0.340 e. The predicted molar refractivity (Wildman–Crippen MR) is 83.7 cm³/mol. The number of aromatic amines is 1. The lowest BCUT2D eigenvalue weighted by Gasteiger charge is -2.32. The van der Waals surface area contributed by atoms with Gasteiger partial charge in [-0.15, -0.1) is 0 Å². The van der Waals surface area contributed by atoms with Crippen LogP contribution in [0.1, 0.15) is 24.2 Å². The number of anilines is 2. The van der Waals surface area contributed by atoms with E-state index in [2.05, 4.69) is 30.2 Å². The number of aryl methyl sites for hydroxylation is 2. The quantitative estimate of drug-likeness (QED) is 0.900. The van der Waals surface area contributed by atoms with Gasteiger partial charge in [-0.3, -0.25) is 10.1 Å². The van der Waals surface area contributed by atoms with E-state index >= 15 is 0 Å². The highest BCUT2D eigenvalue weighted by molar-refractivity contribution is 5.91. The summed E-state index contributed by atoms with van der Waals surface area (Å²) in [5, 5.41) is 2.81. The molecule has 0 spiro atoms. The lowest BCUT2D eigenvalue weighted by molar-refractivity contribution is -0.120. The average molecular weight is 300 g/mol. The molecule has 0 aliphatic carbocycles. The first-order chi connectivity index (χ1) is 10.6. The molecule has 0 aromatic carbocycles. The Hall–Kier alpha value is -2.44. The van der Waals surface area contributed by atoms with Crippen LogP contribution < -0.4 is 10.2 Å². The average Bonchev–Trinajstić information content (AvgIpc) is 2.99. The van der Waals surface area contributed by atoms with Crippen molar-refractivity contribution in [3.63, 3.8) is 0 Å². The van der Waals surface area contributed by atoms with E-state index in [1.54, 1.807) is 12.4 Å². The molecule has 0 radical (unpaired) electrons. The van der Waals surface area contributed by atoms with Gasteiger partial charge in [0.2, 0.25) is 17.8 Å². The van der Waals surface area contributed by atoms with E-state index in [1.807, 2.05) is 19.9 Å². The van der Waals surface area contributed by atoms with Gasteiger partial charge in [-0.25, -0.2) is 15.0 Å². The Morgan fingerprint density at radius 3 is 2.82 bits per heavy atom. The van der Waals surface area contributed by atoms with E-state index in [0.717, 1.165) is 30.8 Å². The Kier molecular flexibility index (Phi) is 4.04. The van der Waals surface area contributed by atoms with Crippen LogP contribution in [-0.4, -0.2) is 38.9 Å². The fraction of sp³-hybridized carbons (Fsp3) is 0.467. The monoisotopic (exact) mass is 300 g/mol. The zero-order chi connectivity index (χ0) is 15.5. The highest BCUT2D eigenvalue weighted by Crippen LogP contribution is 2.22. The van der Waals surface area contributed by atoms with Crippen LogP contribution in [0.4, 0.5) is 11.9 Å². The van der Waals surface area contributed by atoms with Crippen LogP contribution in [0.25, 0.3) is 0 Å². The summed E-state index contributed by atoms with van der Waals surface area (Å²) in [7, 11) is 0. The van der Waals surface area contributed by atoms with Gasteiger partial charge >= 0.3 is 0 Å². The maximum absolute atomic E-state index is 12.3. The molecule has 2 aromatic heterocycles. The van der Waals surface area contributed by atoms with Gasteiger partial charge in [0.05, 0.1) is 5.92 Å². The zero-order valence-corrected chi connectivity index (χ0v) is 12.8. The Bertz CT molecular complexity index is 634. The van der Waals surface area contributed by atoms with E-state index < -0.39 is 0 Å². The van der Waals surface area contributed by atoms with Crippen LogP contribution in [0.3, 0.4) is 0 Å². The Morgan fingerprint density at radius 2 is 2.14 bits per heavy atom. The van der Waals surface area contributed by atoms with Crippen LogP contribution in [0, 0.1) is 19.8 Å². The second-order valence-electron chi connectivity index (χ2n) is 5.66. The van der Waals surface area contributed by atoms with Gasteiger partial charge in [-0.1, -0.05) is 0 Å². The Labute approximate surface area is 129 Å². The van der Waals surface area contributed by atoms with Gasteiger partial charge in [0.15, 0.2) is 0 Å². The number of rotatable bonds is 3. The molecule has 1 aliphatic rings. The largest absolute Gasteiger partial charge is 0.340 e. The zero-order valence-electron chi connectivity index (χ0n) is 12.8. The summed E-state index contributed by atoms with van der Waals surface area (Å²) < 4.78 is 0. The van der Waals surface area contributed by atoms with Crippen molar-refractivity contribution < 1.29 is 4.79 Å². The lowest BCUT2D eigenvalue weighted by Crippen LogP contribution is -2.41. The number of nitrogens with one attached hydrogen (secondary N) is 2. The highest BCUT2D eigenvalue weighted by Gasteiger charge is 2.27. The fourth-order valence-electron chi connectivity index (χ4n) is 2.77. The van der Waals surface area contributed by atoms with Crippen LogP contribution in [0.5, 0.6) is 0 Å². The maximum Gasteiger partial charge on any atom is 0.231 e. The number of H-pyrrole nitrogens is 1. The molecule has 3 heterocycles. The fourth-order valence-corrected chi connectivity index (χ4v) is 2.77. The molecule has 3 rings (SSSR count). The number of imidazole rings is 1. The summed E-state index contributed by atoms with van der Waals surface area (Å²) in [6, 6.07) is 1.95. The van der Waals surface area contributed by atoms with Crippen molar-refractivity contribution in [1.29, 1.82) is 0 Å². The molecule has 22 heavy (non-hydrogen) atoms. The number of aromatic nitrogens is 4. The first kappa shape index (κ1) is 14.5. The second-order valence-corrected chi connectivity index (χ2v) is 5.66. The number of carbonyl (C=O) groups excluding carboxylic acids is 1. The number of amides is 1. The first-order valence-electron chi connectivity index (χ1n) is 7.49. The van der Waals surface area contributed by atoms with Crippen molar-refractivity contribution in [2.75, 3.05) is 23.3 Å².